The lowest BCUT2D eigenvalue weighted by Crippen LogP contribution is -2.56. The van der Waals surface area contributed by atoms with Crippen LogP contribution in [0.2, 0.25) is 0 Å². The van der Waals surface area contributed by atoms with Crippen LogP contribution in [0.15, 0.2) is 182 Å². The van der Waals surface area contributed by atoms with Gasteiger partial charge in [-0.05, 0) is 132 Å². The fourth-order valence-electron chi connectivity index (χ4n) is 13.1. The summed E-state index contributed by atoms with van der Waals surface area (Å²) in [5.74, 6) is 6.93. The molecule has 10 aromatic rings. The van der Waals surface area contributed by atoms with Crippen LogP contribution in [0, 0.1) is 23.7 Å². The number of para-hydroxylation sites is 2. The Kier molecular flexibility index (Phi) is 7.80. The van der Waals surface area contributed by atoms with E-state index in [0.29, 0.717) is 29.3 Å². The summed E-state index contributed by atoms with van der Waals surface area (Å²) in [5.41, 5.74) is 11.3. The maximum absolute atomic E-state index is 6.77. The first kappa shape index (κ1) is 36.1. The normalized spacial score (nSPS) is 21.6. The highest BCUT2D eigenvalue weighted by atomic mass is 16.5. The van der Waals surface area contributed by atoms with Crippen molar-refractivity contribution in [2.45, 2.75) is 37.5 Å². The minimum absolute atomic E-state index is 0.0640. The summed E-state index contributed by atoms with van der Waals surface area (Å²) >= 11 is 0. The molecular formula is C59H44N4O. The van der Waals surface area contributed by atoms with E-state index >= 15 is 0 Å². The predicted molar refractivity (Wildman–Crippen MR) is 258 cm³/mol. The average molecular weight is 825 g/mol. The molecule has 0 unspecified atom stereocenters. The quantitative estimate of drug-likeness (QED) is 0.173. The molecule has 2 aromatic heterocycles. The molecule has 306 valence electrons. The average Bonchev–Trinajstić information content (AvgIpc) is 3.70. The molecule has 0 N–H and O–H groups in total. The standard InChI is InChI=1S/C59H44N4O/c1-2-12-40(13-3-1)56-60-57(62-58(61-56)43-24-28-54-50(35-43)59(49-18-7-9-20-53(49)64-54)44-30-36-29-37(32-44)33-45(59)31-36)42-15-10-14-41(34-42)38-21-25-46(26-22-38)63-51-19-8-6-17-48(51)55-47-16-5-4-11-39(47)23-27-52(55)63/h1-28,34-37,44-45H,29-33H2. The molecular weight excluding hydrogens is 781 g/mol. The number of ether oxygens (including phenoxy) is 1. The molecule has 0 saturated heterocycles. The second-order valence-corrected chi connectivity index (χ2v) is 18.8. The zero-order chi connectivity index (χ0) is 41.9. The molecule has 5 nitrogen and oxygen atoms in total. The van der Waals surface area contributed by atoms with Gasteiger partial charge in [-0.1, -0.05) is 127 Å². The molecule has 4 aliphatic carbocycles. The van der Waals surface area contributed by atoms with E-state index in [1.165, 1.54) is 75.8 Å². The van der Waals surface area contributed by atoms with E-state index in [-0.39, 0.29) is 5.41 Å². The lowest BCUT2D eigenvalue weighted by Gasteiger charge is -2.63. The van der Waals surface area contributed by atoms with Crippen molar-refractivity contribution in [3.8, 4) is 62.5 Å². The monoisotopic (exact) mass is 824 g/mol. The van der Waals surface area contributed by atoms with Gasteiger partial charge in [0.05, 0.1) is 11.0 Å². The van der Waals surface area contributed by atoms with Gasteiger partial charge in [0.2, 0.25) is 0 Å². The largest absolute Gasteiger partial charge is 0.457 e. The highest BCUT2D eigenvalue weighted by Gasteiger charge is 2.61. The first-order valence-corrected chi connectivity index (χ1v) is 23.0. The summed E-state index contributed by atoms with van der Waals surface area (Å²) < 4.78 is 9.16. The van der Waals surface area contributed by atoms with Gasteiger partial charge in [-0.3, -0.25) is 0 Å². The fourth-order valence-corrected chi connectivity index (χ4v) is 13.1. The number of benzene rings is 8. The summed E-state index contributed by atoms with van der Waals surface area (Å²) in [4.78, 5) is 15.7. The van der Waals surface area contributed by atoms with Gasteiger partial charge in [0.25, 0.3) is 0 Å². The van der Waals surface area contributed by atoms with Crippen molar-refractivity contribution in [2.75, 3.05) is 0 Å². The maximum Gasteiger partial charge on any atom is 0.164 e. The zero-order valence-corrected chi connectivity index (χ0v) is 35.4. The van der Waals surface area contributed by atoms with Crippen LogP contribution in [0.1, 0.15) is 43.2 Å². The van der Waals surface area contributed by atoms with Crippen molar-refractivity contribution in [3.05, 3.63) is 193 Å². The van der Waals surface area contributed by atoms with Gasteiger partial charge in [-0.2, -0.15) is 0 Å². The Morgan fingerprint density at radius 1 is 0.422 bits per heavy atom. The molecule has 3 heterocycles. The minimum Gasteiger partial charge on any atom is -0.457 e. The number of aromatic nitrogens is 4. The first-order valence-electron chi connectivity index (χ1n) is 23.0. The Morgan fingerprint density at radius 2 is 1.03 bits per heavy atom. The molecule has 1 spiro atoms. The van der Waals surface area contributed by atoms with Crippen molar-refractivity contribution in [2.24, 2.45) is 23.7 Å². The first-order chi connectivity index (χ1) is 31.7. The van der Waals surface area contributed by atoms with Gasteiger partial charge < -0.3 is 9.30 Å². The van der Waals surface area contributed by atoms with Crippen molar-refractivity contribution >= 4 is 32.6 Å². The summed E-state index contributed by atoms with van der Waals surface area (Å²) in [6.45, 7) is 0. The third-order valence-electron chi connectivity index (χ3n) is 15.5. The highest BCUT2D eigenvalue weighted by molar-refractivity contribution is 6.21. The van der Waals surface area contributed by atoms with Crippen LogP contribution in [-0.4, -0.2) is 19.5 Å². The molecule has 15 rings (SSSR count). The van der Waals surface area contributed by atoms with E-state index in [9.17, 15) is 0 Å². The van der Waals surface area contributed by atoms with Gasteiger partial charge in [-0.25, -0.2) is 15.0 Å². The van der Waals surface area contributed by atoms with Crippen LogP contribution in [0.25, 0.3) is 83.6 Å². The Bertz CT molecular complexity index is 3470. The SMILES string of the molecule is c1ccc(-c2nc(-c3cccc(-c4ccc(-n5c6ccccc6c6c7ccccc7ccc65)cc4)c3)nc(-c3ccc4c(c3)C3(c5ccccc5O4)C4CC5CC(C4)CC3C5)n2)cc1. The molecule has 8 aromatic carbocycles. The van der Waals surface area contributed by atoms with E-state index in [1.807, 2.05) is 18.2 Å². The Labute approximate surface area is 372 Å². The van der Waals surface area contributed by atoms with Crippen molar-refractivity contribution in [1.29, 1.82) is 0 Å². The summed E-state index contributed by atoms with van der Waals surface area (Å²) in [6, 6.07) is 65.4. The van der Waals surface area contributed by atoms with E-state index < -0.39 is 0 Å². The third kappa shape index (κ3) is 5.33. The Hall–Kier alpha value is -7.37. The van der Waals surface area contributed by atoms with E-state index in [0.717, 1.165) is 56.8 Å². The molecule has 4 saturated carbocycles. The topological polar surface area (TPSA) is 52.8 Å². The van der Waals surface area contributed by atoms with E-state index in [2.05, 4.69) is 168 Å². The number of rotatable bonds is 5. The maximum atomic E-state index is 6.77. The van der Waals surface area contributed by atoms with Crippen molar-refractivity contribution in [1.82, 2.24) is 19.5 Å². The van der Waals surface area contributed by atoms with Gasteiger partial charge in [-0.15, -0.1) is 0 Å². The van der Waals surface area contributed by atoms with Crippen molar-refractivity contribution < 1.29 is 4.74 Å². The molecule has 64 heavy (non-hydrogen) atoms. The van der Waals surface area contributed by atoms with Crippen LogP contribution >= 0.6 is 0 Å². The van der Waals surface area contributed by atoms with Crippen LogP contribution < -0.4 is 4.74 Å². The molecule has 0 amide bonds. The van der Waals surface area contributed by atoms with Crippen LogP contribution in [0.5, 0.6) is 11.5 Å². The van der Waals surface area contributed by atoms with E-state index in [1.54, 1.807) is 0 Å². The highest BCUT2D eigenvalue weighted by Crippen LogP contribution is 2.69. The van der Waals surface area contributed by atoms with E-state index in [4.69, 9.17) is 19.7 Å². The Balaban J connectivity index is 0.868. The van der Waals surface area contributed by atoms with Gasteiger partial charge in [0.15, 0.2) is 17.5 Å². The van der Waals surface area contributed by atoms with Gasteiger partial charge in [0, 0.05) is 49.7 Å². The molecule has 0 radical (unpaired) electrons. The lowest BCUT2D eigenvalue weighted by atomic mass is 9.42. The molecule has 5 aliphatic rings. The molecule has 0 atom stereocenters. The van der Waals surface area contributed by atoms with Crippen LogP contribution in [-0.2, 0) is 5.41 Å². The second-order valence-electron chi connectivity index (χ2n) is 18.8. The van der Waals surface area contributed by atoms with Crippen molar-refractivity contribution in [3.63, 3.8) is 0 Å². The number of hydrogen-bond donors (Lipinski definition) is 0. The van der Waals surface area contributed by atoms with Gasteiger partial charge in [0.1, 0.15) is 11.5 Å². The predicted octanol–water partition coefficient (Wildman–Crippen LogP) is 14.6. The van der Waals surface area contributed by atoms with Crippen LogP contribution in [0.3, 0.4) is 0 Å². The summed E-state index contributed by atoms with van der Waals surface area (Å²) in [5, 5.41) is 5.08. The number of nitrogens with zero attached hydrogens (tertiary/aromatic N) is 4. The Morgan fingerprint density at radius 3 is 1.83 bits per heavy atom. The van der Waals surface area contributed by atoms with Gasteiger partial charge >= 0.3 is 0 Å². The molecule has 4 bridgehead atoms. The third-order valence-corrected chi connectivity index (χ3v) is 15.5. The van der Waals surface area contributed by atoms with Crippen LogP contribution in [0.4, 0.5) is 0 Å². The number of hydrogen-bond acceptors (Lipinski definition) is 4. The molecule has 5 heteroatoms. The summed E-state index contributed by atoms with van der Waals surface area (Å²) in [7, 11) is 0. The molecule has 1 aliphatic heterocycles. The fraction of sp³-hybridized carbons (Fsp3) is 0.169. The molecule has 4 fully saturated rings. The minimum atomic E-state index is -0.0640. The second kappa shape index (κ2) is 13.8. The number of fused-ring (bicyclic) bond motifs is 7. The lowest BCUT2D eigenvalue weighted by molar-refractivity contribution is -0.0452. The zero-order valence-electron chi connectivity index (χ0n) is 35.4. The summed E-state index contributed by atoms with van der Waals surface area (Å²) in [6.07, 6.45) is 6.62. The smallest absolute Gasteiger partial charge is 0.164 e.